The van der Waals surface area contributed by atoms with Gasteiger partial charge in [0.05, 0.1) is 0 Å². The van der Waals surface area contributed by atoms with Crippen molar-refractivity contribution in [2.75, 3.05) is 0 Å². The monoisotopic (exact) mass is 159 g/mol. The first-order chi connectivity index (χ1) is 5.13. The lowest BCUT2D eigenvalue weighted by atomic mass is 9.77. The van der Waals surface area contributed by atoms with Gasteiger partial charge in [-0.1, -0.05) is 13.8 Å². The predicted octanol–water partition coefficient (Wildman–Crippen LogP) is 2.11. The third-order valence-electron chi connectivity index (χ3n) is 2.70. The minimum Gasteiger partial charge on any atom is -0.327 e. The molecule has 1 saturated carbocycles. The molecule has 1 aliphatic rings. The third kappa shape index (κ3) is 1.92. The van der Waals surface area contributed by atoms with E-state index in [1.807, 2.05) is 0 Å². The van der Waals surface area contributed by atoms with Gasteiger partial charge < -0.3 is 5.73 Å². The topological polar surface area (TPSA) is 26.0 Å². The van der Waals surface area contributed by atoms with Crippen molar-refractivity contribution in [1.82, 2.24) is 0 Å². The molecular weight excluding hydrogens is 141 g/mol. The molecule has 0 aromatic heterocycles. The Hall–Kier alpha value is -0.110. The van der Waals surface area contributed by atoms with Gasteiger partial charge in [0.15, 0.2) is 0 Å². The summed E-state index contributed by atoms with van der Waals surface area (Å²) in [5.74, 6) is 0.490. The Labute approximate surface area is 68.2 Å². The van der Waals surface area contributed by atoms with Crippen LogP contribution in [0.25, 0.3) is 0 Å². The predicted molar refractivity (Wildman–Crippen MR) is 45.1 cm³/mol. The van der Waals surface area contributed by atoms with Crippen LogP contribution < -0.4 is 5.73 Å². The molecule has 0 spiro atoms. The lowest BCUT2D eigenvalue weighted by molar-refractivity contribution is 0.107. The third-order valence-corrected chi connectivity index (χ3v) is 2.70. The lowest BCUT2D eigenvalue weighted by Crippen LogP contribution is -2.42. The number of hydrogen-bond donors (Lipinski definition) is 1. The highest BCUT2D eigenvalue weighted by Gasteiger charge is 2.32. The standard InChI is InChI=1S/C9H18FN/c1-6(2)9-7(10)4-3-5-8(9)11/h6-9H,3-5,11H2,1-2H3. The van der Waals surface area contributed by atoms with Crippen LogP contribution in [0, 0.1) is 11.8 Å². The molecule has 1 aliphatic carbocycles. The summed E-state index contributed by atoms with van der Waals surface area (Å²) in [7, 11) is 0. The van der Waals surface area contributed by atoms with E-state index in [0.29, 0.717) is 5.92 Å². The van der Waals surface area contributed by atoms with Crippen LogP contribution in [0.4, 0.5) is 4.39 Å². The highest BCUT2D eigenvalue weighted by Crippen LogP contribution is 2.31. The summed E-state index contributed by atoms with van der Waals surface area (Å²) >= 11 is 0. The van der Waals surface area contributed by atoms with Crippen molar-refractivity contribution >= 4 is 0 Å². The normalized spacial score (nSPS) is 39.5. The minimum atomic E-state index is -0.654. The molecule has 0 bridgehead atoms. The van der Waals surface area contributed by atoms with Gasteiger partial charge in [-0.15, -0.1) is 0 Å². The summed E-state index contributed by atoms with van der Waals surface area (Å²) in [6, 6.07) is 0.0961. The first-order valence-corrected chi connectivity index (χ1v) is 4.52. The molecular formula is C9H18FN. The molecule has 0 aromatic rings. The van der Waals surface area contributed by atoms with E-state index in [1.54, 1.807) is 0 Å². The molecule has 0 radical (unpaired) electrons. The molecule has 3 unspecified atom stereocenters. The largest absolute Gasteiger partial charge is 0.327 e. The summed E-state index contributed by atoms with van der Waals surface area (Å²) in [5, 5.41) is 0. The lowest BCUT2D eigenvalue weighted by Gasteiger charge is -2.34. The van der Waals surface area contributed by atoms with Gasteiger partial charge in [0, 0.05) is 12.0 Å². The van der Waals surface area contributed by atoms with E-state index in [2.05, 4.69) is 13.8 Å². The Morgan fingerprint density at radius 2 is 2.00 bits per heavy atom. The Kier molecular flexibility index (Phi) is 2.88. The van der Waals surface area contributed by atoms with E-state index < -0.39 is 6.17 Å². The molecule has 1 nitrogen and oxygen atoms in total. The van der Waals surface area contributed by atoms with Crippen molar-refractivity contribution in [2.45, 2.75) is 45.3 Å². The van der Waals surface area contributed by atoms with E-state index in [4.69, 9.17) is 5.73 Å². The van der Waals surface area contributed by atoms with E-state index >= 15 is 0 Å². The molecule has 3 atom stereocenters. The number of nitrogens with two attached hydrogens (primary N) is 1. The molecule has 66 valence electrons. The zero-order valence-corrected chi connectivity index (χ0v) is 7.39. The van der Waals surface area contributed by atoms with Crippen LogP contribution >= 0.6 is 0 Å². The average molecular weight is 159 g/mol. The molecule has 11 heavy (non-hydrogen) atoms. The van der Waals surface area contributed by atoms with Crippen molar-refractivity contribution in [1.29, 1.82) is 0 Å². The van der Waals surface area contributed by atoms with Gasteiger partial charge in [0.2, 0.25) is 0 Å². The van der Waals surface area contributed by atoms with E-state index in [1.165, 1.54) is 0 Å². The molecule has 0 saturated heterocycles. The number of halogens is 1. The Bertz CT molecular complexity index is 115. The SMILES string of the molecule is CC(C)C1C(N)CCCC1F. The zero-order valence-electron chi connectivity index (χ0n) is 7.39. The fourth-order valence-electron chi connectivity index (χ4n) is 2.11. The van der Waals surface area contributed by atoms with Gasteiger partial charge >= 0.3 is 0 Å². The Morgan fingerprint density at radius 3 is 2.36 bits per heavy atom. The Balaban J connectivity index is 2.55. The molecule has 0 heterocycles. The zero-order chi connectivity index (χ0) is 8.43. The summed E-state index contributed by atoms with van der Waals surface area (Å²) in [4.78, 5) is 0. The highest BCUT2D eigenvalue weighted by molar-refractivity contribution is 4.86. The molecule has 1 fully saturated rings. The highest BCUT2D eigenvalue weighted by atomic mass is 19.1. The first kappa shape index (κ1) is 8.98. The van der Waals surface area contributed by atoms with Crippen molar-refractivity contribution in [3.8, 4) is 0 Å². The first-order valence-electron chi connectivity index (χ1n) is 4.52. The summed E-state index contributed by atoms with van der Waals surface area (Å²) in [5.41, 5.74) is 5.83. The summed E-state index contributed by atoms with van der Waals surface area (Å²) in [6.45, 7) is 4.12. The number of alkyl halides is 1. The van der Waals surface area contributed by atoms with Crippen molar-refractivity contribution in [3.05, 3.63) is 0 Å². The maximum Gasteiger partial charge on any atom is 0.105 e. The van der Waals surface area contributed by atoms with Gasteiger partial charge in [0.1, 0.15) is 6.17 Å². The second kappa shape index (κ2) is 3.53. The minimum absolute atomic E-state index is 0.0961. The fraction of sp³-hybridized carbons (Fsp3) is 1.00. The second-order valence-corrected chi connectivity index (χ2v) is 3.93. The van der Waals surface area contributed by atoms with Crippen molar-refractivity contribution in [3.63, 3.8) is 0 Å². The quantitative estimate of drug-likeness (QED) is 0.623. The maximum absolute atomic E-state index is 13.3. The number of rotatable bonds is 1. The summed E-state index contributed by atoms with van der Waals surface area (Å²) < 4.78 is 13.3. The molecule has 2 N–H and O–H groups in total. The van der Waals surface area contributed by atoms with Crippen LogP contribution in [-0.4, -0.2) is 12.2 Å². The molecule has 1 rings (SSSR count). The van der Waals surface area contributed by atoms with Crippen molar-refractivity contribution in [2.24, 2.45) is 17.6 Å². The molecule has 0 aliphatic heterocycles. The van der Waals surface area contributed by atoms with Gasteiger partial charge in [0.25, 0.3) is 0 Å². The molecule has 2 heteroatoms. The van der Waals surface area contributed by atoms with E-state index in [9.17, 15) is 4.39 Å². The molecule has 0 aromatic carbocycles. The van der Waals surface area contributed by atoms with Crippen molar-refractivity contribution < 1.29 is 4.39 Å². The van der Waals surface area contributed by atoms with E-state index in [0.717, 1.165) is 19.3 Å². The van der Waals surface area contributed by atoms with Gasteiger partial charge in [-0.3, -0.25) is 0 Å². The molecule has 0 amide bonds. The van der Waals surface area contributed by atoms with Crippen LogP contribution in [0.5, 0.6) is 0 Å². The Morgan fingerprint density at radius 1 is 1.36 bits per heavy atom. The van der Waals surface area contributed by atoms with Crippen LogP contribution in [0.1, 0.15) is 33.1 Å². The fourth-order valence-corrected chi connectivity index (χ4v) is 2.11. The van der Waals surface area contributed by atoms with Crippen LogP contribution in [0.15, 0.2) is 0 Å². The maximum atomic E-state index is 13.3. The van der Waals surface area contributed by atoms with Crippen LogP contribution in [0.3, 0.4) is 0 Å². The second-order valence-electron chi connectivity index (χ2n) is 3.93. The van der Waals surface area contributed by atoms with Gasteiger partial charge in [-0.05, 0) is 25.2 Å². The van der Waals surface area contributed by atoms with Gasteiger partial charge in [-0.25, -0.2) is 4.39 Å². The summed E-state index contributed by atoms with van der Waals surface area (Å²) in [6.07, 6.45) is 2.03. The van der Waals surface area contributed by atoms with Crippen LogP contribution in [0.2, 0.25) is 0 Å². The van der Waals surface area contributed by atoms with Crippen LogP contribution in [-0.2, 0) is 0 Å². The number of hydrogen-bond acceptors (Lipinski definition) is 1. The van der Waals surface area contributed by atoms with Gasteiger partial charge in [-0.2, -0.15) is 0 Å². The van der Waals surface area contributed by atoms with E-state index in [-0.39, 0.29) is 12.0 Å². The smallest absolute Gasteiger partial charge is 0.105 e. The average Bonchev–Trinajstić information content (AvgIpc) is 1.85.